The molecular weight excluding hydrogens is 338 g/mol. The van der Waals surface area contributed by atoms with Crippen molar-refractivity contribution in [3.8, 4) is 0 Å². The molecule has 1 aliphatic heterocycles. The van der Waals surface area contributed by atoms with Gasteiger partial charge in [0.05, 0.1) is 30.3 Å². The number of aromatic nitrogens is 2. The van der Waals surface area contributed by atoms with E-state index < -0.39 is 9.84 Å². The maximum Gasteiger partial charge on any atom is 0.227 e. The van der Waals surface area contributed by atoms with Crippen LogP contribution in [0.2, 0.25) is 0 Å². The molecule has 7 heteroatoms. The number of hydrogen-bond acceptors (Lipinski definition) is 5. The second-order valence-corrected chi connectivity index (χ2v) is 9.56. The molecule has 6 nitrogen and oxygen atoms in total. The van der Waals surface area contributed by atoms with Crippen molar-refractivity contribution < 1.29 is 13.2 Å². The molecule has 0 amide bonds. The Bertz CT molecular complexity index is 716. The van der Waals surface area contributed by atoms with E-state index in [1.54, 1.807) is 6.20 Å². The maximum atomic E-state index is 12.8. The van der Waals surface area contributed by atoms with Crippen LogP contribution in [0.25, 0.3) is 0 Å². The summed E-state index contributed by atoms with van der Waals surface area (Å²) in [7, 11) is -1.34. The van der Waals surface area contributed by atoms with E-state index in [1.807, 2.05) is 18.5 Å². The van der Waals surface area contributed by atoms with E-state index in [0.29, 0.717) is 19.0 Å². The van der Waals surface area contributed by atoms with Crippen molar-refractivity contribution in [2.75, 3.05) is 26.0 Å². The minimum atomic E-state index is -3.35. The van der Waals surface area contributed by atoms with Crippen molar-refractivity contribution in [3.63, 3.8) is 0 Å². The van der Waals surface area contributed by atoms with Crippen molar-refractivity contribution >= 4 is 9.84 Å². The summed E-state index contributed by atoms with van der Waals surface area (Å²) in [5.41, 5.74) is 2.00. The van der Waals surface area contributed by atoms with Crippen molar-refractivity contribution in [1.82, 2.24) is 14.5 Å². The zero-order chi connectivity index (χ0) is 18.0. The van der Waals surface area contributed by atoms with Crippen LogP contribution in [-0.2, 0) is 27.7 Å². The summed E-state index contributed by atoms with van der Waals surface area (Å²) < 4.78 is 33.2. The van der Waals surface area contributed by atoms with Crippen LogP contribution in [0.1, 0.15) is 38.3 Å². The summed E-state index contributed by atoms with van der Waals surface area (Å²) in [4.78, 5) is 6.44. The largest absolute Gasteiger partial charge is 0.376 e. The average Bonchev–Trinajstić information content (AvgIpc) is 3.00. The zero-order valence-electron chi connectivity index (χ0n) is 15.3. The van der Waals surface area contributed by atoms with Crippen LogP contribution < -0.4 is 0 Å². The van der Waals surface area contributed by atoms with Crippen molar-refractivity contribution in [2.45, 2.75) is 57.0 Å². The van der Waals surface area contributed by atoms with E-state index in [-0.39, 0.29) is 17.0 Å². The summed E-state index contributed by atoms with van der Waals surface area (Å²) in [5.74, 6) is 0.531. The van der Waals surface area contributed by atoms with E-state index in [0.717, 1.165) is 50.1 Å². The number of hydrogen-bond donors (Lipinski definition) is 0. The highest BCUT2D eigenvalue weighted by Gasteiger charge is 2.33. The summed E-state index contributed by atoms with van der Waals surface area (Å²) in [6.07, 6.45) is 5.83. The Morgan fingerprint density at radius 2 is 2.20 bits per heavy atom. The van der Waals surface area contributed by atoms with Gasteiger partial charge in [-0.2, -0.15) is 0 Å². The SMILES string of the molecule is C=C(C)CN(C)Cc1cnc(S(=O)(=O)CC2CC2)n1C[C@@H]1CCCO1. The molecule has 1 atom stereocenters. The maximum absolute atomic E-state index is 12.8. The number of rotatable bonds is 9. The Hall–Kier alpha value is -1.18. The highest BCUT2D eigenvalue weighted by Crippen LogP contribution is 2.32. The third kappa shape index (κ3) is 4.92. The zero-order valence-corrected chi connectivity index (χ0v) is 16.1. The number of nitrogens with zero attached hydrogens (tertiary/aromatic N) is 3. The molecular formula is C18H29N3O3S. The van der Waals surface area contributed by atoms with Crippen LogP contribution in [-0.4, -0.2) is 54.9 Å². The van der Waals surface area contributed by atoms with Gasteiger partial charge in [-0.1, -0.05) is 12.2 Å². The molecule has 2 aliphatic rings. The first kappa shape index (κ1) is 18.6. The second-order valence-electron chi connectivity index (χ2n) is 7.63. The number of ether oxygens (including phenoxy) is 1. The Kier molecular flexibility index (Phi) is 5.65. The molecule has 1 saturated carbocycles. The van der Waals surface area contributed by atoms with Gasteiger partial charge in [-0.3, -0.25) is 4.90 Å². The molecule has 0 bridgehead atoms. The minimum Gasteiger partial charge on any atom is -0.376 e. The highest BCUT2D eigenvalue weighted by molar-refractivity contribution is 7.91. The molecule has 3 rings (SSSR count). The van der Waals surface area contributed by atoms with Crippen molar-refractivity contribution in [3.05, 3.63) is 24.0 Å². The molecule has 25 heavy (non-hydrogen) atoms. The number of imidazole rings is 1. The Labute approximate surface area is 150 Å². The lowest BCUT2D eigenvalue weighted by molar-refractivity contribution is 0.0935. The fourth-order valence-electron chi connectivity index (χ4n) is 3.42. The van der Waals surface area contributed by atoms with Crippen LogP contribution in [0.15, 0.2) is 23.5 Å². The minimum absolute atomic E-state index is 0.0780. The predicted octanol–water partition coefficient (Wildman–Crippen LogP) is 2.25. The van der Waals surface area contributed by atoms with E-state index in [1.165, 1.54) is 0 Å². The van der Waals surface area contributed by atoms with Gasteiger partial charge in [0.25, 0.3) is 0 Å². The van der Waals surface area contributed by atoms with Crippen LogP contribution in [0.4, 0.5) is 0 Å². The quantitative estimate of drug-likeness (QED) is 0.627. The van der Waals surface area contributed by atoms with Gasteiger partial charge < -0.3 is 9.30 Å². The lowest BCUT2D eigenvalue weighted by Crippen LogP contribution is -2.26. The lowest BCUT2D eigenvalue weighted by atomic mass is 10.2. The fraction of sp³-hybridized carbons (Fsp3) is 0.722. The van der Waals surface area contributed by atoms with Gasteiger partial charge in [-0.25, -0.2) is 13.4 Å². The monoisotopic (exact) mass is 367 g/mol. The Balaban J connectivity index is 1.84. The van der Waals surface area contributed by atoms with Gasteiger partial charge in [0.15, 0.2) is 0 Å². The number of sulfone groups is 1. The van der Waals surface area contributed by atoms with Gasteiger partial charge in [0, 0.05) is 19.7 Å². The van der Waals surface area contributed by atoms with Crippen LogP contribution >= 0.6 is 0 Å². The molecule has 0 N–H and O–H groups in total. The van der Waals surface area contributed by atoms with Gasteiger partial charge in [-0.15, -0.1) is 0 Å². The molecule has 1 aromatic rings. The third-order valence-corrected chi connectivity index (χ3v) is 6.51. The van der Waals surface area contributed by atoms with Gasteiger partial charge in [0.2, 0.25) is 15.0 Å². The molecule has 0 unspecified atom stereocenters. The summed E-state index contributed by atoms with van der Waals surface area (Å²) in [6, 6.07) is 0. The smallest absolute Gasteiger partial charge is 0.227 e. The molecule has 2 fully saturated rings. The summed E-state index contributed by atoms with van der Waals surface area (Å²) >= 11 is 0. The first-order chi connectivity index (χ1) is 11.8. The molecule has 1 saturated heterocycles. The van der Waals surface area contributed by atoms with Crippen molar-refractivity contribution in [2.24, 2.45) is 5.92 Å². The molecule has 2 heterocycles. The van der Waals surface area contributed by atoms with E-state index in [4.69, 9.17) is 4.74 Å². The van der Waals surface area contributed by atoms with Gasteiger partial charge in [0.1, 0.15) is 0 Å². The molecule has 1 aromatic heterocycles. The Morgan fingerprint density at radius 3 is 2.80 bits per heavy atom. The topological polar surface area (TPSA) is 64.4 Å². The molecule has 0 spiro atoms. The van der Waals surface area contributed by atoms with Crippen molar-refractivity contribution in [1.29, 1.82) is 0 Å². The molecule has 0 aromatic carbocycles. The van der Waals surface area contributed by atoms with Crippen LogP contribution in [0, 0.1) is 5.92 Å². The fourth-order valence-corrected chi connectivity index (χ4v) is 5.26. The van der Waals surface area contributed by atoms with E-state index in [2.05, 4.69) is 16.5 Å². The normalized spacial score (nSPS) is 21.2. The lowest BCUT2D eigenvalue weighted by Gasteiger charge is -2.20. The van der Waals surface area contributed by atoms with Gasteiger partial charge in [-0.05, 0) is 45.6 Å². The van der Waals surface area contributed by atoms with Gasteiger partial charge >= 0.3 is 0 Å². The standard InChI is InChI=1S/C18H29N3O3S/c1-14(2)10-20(3)11-16-9-19-18(25(22,23)13-15-6-7-15)21(16)12-17-5-4-8-24-17/h9,15,17H,1,4-8,10-13H2,2-3H3/t17-/m0/s1. The van der Waals surface area contributed by atoms with E-state index >= 15 is 0 Å². The number of likely N-dealkylation sites (N-methyl/N-ethyl adjacent to an activating group) is 1. The first-order valence-electron chi connectivity index (χ1n) is 9.07. The average molecular weight is 368 g/mol. The molecule has 1 aliphatic carbocycles. The predicted molar refractivity (Wildman–Crippen MR) is 97.1 cm³/mol. The second kappa shape index (κ2) is 7.60. The summed E-state index contributed by atoms with van der Waals surface area (Å²) in [5, 5.41) is 0.216. The van der Waals surface area contributed by atoms with Crippen LogP contribution in [0.5, 0.6) is 0 Å². The van der Waals surface area contributed by atoms with E-state index in [9.17, 15) is 8.42 Å². The summed E-state index contributed by atoms with van der Waals surface area (Å²) in [6.45, 7) is 8.68. The third-order valence-electron chi connectivity index (χ3n) is 4.71. The Morgan fingerprint density at radius 1 is 1.44 bits per heavy atom. The van der Waals surface area contributed by atoms with Crippen LogP contribution in [0.3, 0.4) is 0 Å². The molecule has 0 radical (unpaired) electrons. The first-order valence-corrected chi connectivity index (χ1v) is 10.7. The highest BCUT2D eigenvalue weighted by atomic mass is 32.2. The molecule has 140 valence electrons.